The van der Waals surface area contributed by atoms with Crippen LogP contribution in [-0.2, 0) is 11.8 Å². The van der Waals surface area contributed by atoms with E-state index in [1.165, 1.54) is 0 Å². The zero-order valence-electron chi connectivity index (χ0n) is 19.6. The molecule has 3 aromatic rings. The smallest absolute Gasteiger partial charge is 0.323 e. The molecule has 0 aliphatic carbocycles. The molecule has 8 nitrogen and oxygen atoms in total. The number of aryl methyl sites for hydroxylation is 1. The Hall–Kier alpha value is -3.07. The predicted octanol–water partition coefficient (Wildman–Crippen LogP) is 4.87. The van der Waals surface area contributed by atoms with E-state index in [2.05, 4.69) is 34.5 Å². The Kier molecular flexibility index (Phi) is 7.72. The number of morpholine rings is 1. The highest BCUT2D eigenvalue weighted by atomic mass is 35.5. The van der Waals surface area contributed by atoms with Crippen LogP contribution in [0.15, 0.2) is 54.7 Å². The lowest BCUT2D eigenvalue weighted by Crippen LogP contribution is -2.46. The number of nitrogens with one attached hydrogen (secondary N) is 2. The second-order valence-corrected chi connectivity index (χ2v) is 8.94. The second kappa shape index (κ2) is 10.9. The van der Waals surface area contributed by atoms with Gasteiger partial charge in [-0.05, 0) is 62.4 Å². The molecule has 0 bridgehead atoms. The minimum Gasteiger partial charge on any atom is -0.492 e. The molecule has 2 N–H and O–H groups in total. The van der Waals surface area contributed by atoms with E-state index >= 15 is 0 Å². The highest BCUT2D eigenvalue weighted by Gasteiger charge is 2.22. The Morgan fingerprint density at radius 2 is 1.76 bits per heavy atom. The molecule has 2 aromatic carbocycles. The van der Waals surface area contributed by atoms with Crippen molar-refractivity contribution in [1.29, 1.82) is 0 Å². The van der Waals surface area contributed by atoms with E-state index in [0.29, 0.717) is 23.0 Å². The highest BCUT2D eigenvalue weighted by Crippen LogP contribution is 2.32. The van der Waals surface area contributed by atoms with Gasteiger partial charge in [0.05, 0.1) is 17.9 Å². The summed E-state index contributed by atoms with van der Waals surface area (Å²) in [6.45, 7) is 7.35. The molecule has 9 heteroatoms. The molecule has 180 valence electrons. The average Bonchev–Trinajstić information content (AvgIpc) is 3.21. The van der Waals surface area contributed by atoms with E-state index in [0.717, 1.165) is 36.6 Å². The summed E-state index contributed by atoms with van der Waals surface area (Å²) >= 11 is 5.91. The number of rotatable bonds is 7. The molecular weight excluding hydrogens is 454 g/mol. The highest BCUT2D eigenvalue weighted by molar-refractivity contribution is 6.30. The monoisotopic (exact) mass is 483 g/mol. The van der Waals surface area contributed by atoms with Gasteiger partial charge in [-0.2, -0.15) is 5.10 Å². The number of aromatic nitrogens is 2. The summed E-state index contributed by atoms with van der Waals surface area (Å²) in [7, 11) is 1.88. The summed E-state index contributed by atoms with van der Waals surface area (Å²) in [4.78, 5) is 14.9. The number of benzene rings is 2. The van der Waals surface area contributed by atoms with Crippen molar-refractivity contribution in [3.8, 4) is 17.0 Å². The van der Waals surface area contributed by atoms with Crippen LogP contribution in [0.1, 0.15) is 13.8 Å². The lowest BCUT2D eigenvalue weighted by Gasteiger charge is -2.35. The zero-order valence-corrected chi connectivity index (χ0v) is 20.4. The predicted molar refractivity (Wildman–Crippen MR) is 135 cm³/mol. The first kappa shape index (κ1) is 24.1. The third-order valence-electron chi connectivity index (χ3n) is 5.60. The average molecular weight is 484 g/mol. The zero-order chi connectivity index (χ0) is 24.1. The molecule has 4 rings (SSSR count). The summed E-state index contributed by atoms with van der Waals surface area (Å²) in [6.07, 6.45) is 2.18. The fraction of sp³-hybridized carbons (Fsp3) is 0.360. The molecule has 1 fully saturated rings. The lowest BCUT2D eigenvalue weighted by molar-refractivity contribution is -0.0699. The number of anilines is 2. The Morgan fingerprint density at radius 3 is 2.44 bits per heavy atom. The Balaban J connectivity index is 1.45. The van der Waals surface area contributed by atoms with Gasteiger partial charge < -0.3 is 20.1 Å². The number of nitrogens with zero attached hydrogens (tertiary/aromatic N) is 3. The number of hydrogen-bond acceptors (Lipinski definition) is 5. The van der Waals surface area contributed by atoms with Crippen molar-refractivity contribution in [2.24, 2.45) is 7.05 Å². The lowest BCUT2D eigenvalue weighted by atomic mass is 10.1. The number of hydrogen-bond donors (Lipinski definition) is 2. The van der Waals surface area contributed by atoms with Gasteiger partial charge in [0, 0.05) is 54.8 Å². The van der Waals surface area contributed by atoms with Crippen molar-refractivity contribution in [3.05, 3.63) is 59.8 Å². The van der Waals surface area contributed by atoms with E-state index in [1.807, 2.05) is 31.3 Å². The molecule has 0 saturated carbocycles. The topological polar surface area (TPSA) is 80.7 Å². The number of urea groups is 1. The SMILES string of the molecule is C[C@@H]1CN(CCOc2ccc(NC(=O)Nc3ccc(Cl)cc3)cc2-c2ccnn2C)C[C@H](C)O1. The molecule has 1 aliphatic rings. The van der Waals surface area contributed by atoms with Gasteiger partial charge >= 0.3 is 6.03 Å². The van der Waals surface area contributed by atoms with Crippen LogP contribution >= 0.6 is 11.6 Å². The summed E-state index contributed by atoms with van der Waals surface area (Å²) in [6, 6.07) is 14.1. The van der Waals surface area contributed by atoms with Crippen LogP contribution in [0, 0.1) is 0 Å². The van der Waals surface area contributed by atoms with Crippen molar-refractivity contribution in [1.82, 2.24) is 14.7 Å². The maximum Gasteiger partial charge on any atom is 0.323 e. The molecule has 1 aliphatic heterocycles. The van der Waals surface area contributed by atoms with Crippen molar-refractivity contribution in [2.75, 3.05) is 36.9 Å². The van der Waals surface area contributed by atoms with Gasteiger partial charge in [-0.15, -0.1) is 0 Å². The maximum absolute atomic E-state index is 12.5. The second-order valence-electron chi connectivity index (χ2n) is 8.50. The number of ether oxygens (including phenoxy) is 2. The normalized spacial score (nSPS) is 18.5. The standard InChI is InChI=1S/C25H30ClN5O3/c1-17-15-31(16-18(2)34-17)12-13-33-24-9-8-21(14-22(24)23-10-11-27-30(23)3)29-25(32)28-20-6-4-19(26)5-7-20/h4-11,14,17-18H,12-13,15-16H2,1-3H3,(H2,28,29,32)/t17-,18+. The number of carbonyl (C=O) groups excluding carboxylic acids is 1. The maximum atomic E-state index is 12.5. The molecule has 0 spiro atoms. The molecule has 1 saturated heterocycles. The summed E-state index contributed by atoms with van der Waals surface area (Å²) in [5, 5.41) is 10.6. The van der Waals surface area contributed by atoms with Crippen molar-refractivity contribution in [3.63, 3.8) is 0 Å². The number of halogens is 1. The van der Waals surface area contributed by atoms with E-state index in [1.54, 1.807) is 35.1 Å². The van der Waals surface area contributed by atoms with E-state index in [4.69, 9.17) is 21.1 Å². The Bertz CT molecular complexity index is 1110. The first-order valence-corrected chi connectivity index (χ1v) is 11.7. The summed E-state index contributed by atoms with van der Waals surface area (Å²) in [5.74, 6) is 0.738. The molecule has 2 amide bonds. The van der Waals surface area contributed by atoms with Gasteiger partial charge in [0.1, 0.15) is 12.4 Å². The Morgan fingerprint density at radius 1 is 1.09 bits per heavy atom. The van der Waals surface area contributed by atoms with E-state index < -0.39 is 0 Å². The first-order valence-electron chi connectivity index (χ1n) is 11.3. The molecule has 1 aromatic heterocycles. The fourth-order valence-electron chi connectivity index (χ4n) is 4.15. The van der Waals surface area contributed by atoms with Gasteiger partial charge in [0.2, 0.25) is 0 Å². The minimum absolute atomic E-state index is 0.220. The largest absolute Gasteiger partial charge is 0.492 e. The van der Waals surface area contributed by atoms with Gasteiger partial charge in [-0.3, -0.25) is 9.58 Å². The third-order valence-corrected chi connectivity index (χ3v) is 5.85. The Labute approximate surface area is 204 Å². The fourth-order valence-corrected chi connectivity index (χ4v) is 4.28. The van der Waals surface area contributed by atoms with Crippen LogP contribution in [0.5, 0.6) is 5.75 Å². The first-order chi connectivity index (χ1) is 16.4. The third kappa shape index (κ3) is 6.28. The van der Waals surface area contributed by atoms with Crippen LogP contribution < -0.4 is 15.4 Å². The molecule has 0 unspecified atom stereocenters. The quantitative estimate of drug-likeness (QED) is 0.501. The molecule has 2 atom stereocenters. The number of amides is 2. The number of carbonyl (C=O) groups is 1. The molecule has 0 radical (unpaired) electrons. The summed E-state index contributed by atoms with van der Waals surface area (Å²) < 4.78 is 13.8. The van der Waals surface area contributed by atoms with Gasteiger partial charge in [-0.25, -0.2) is 4.79 Å². The van der Waals surface area contributed by atoms with Crippen LogP contribution in [0.2, 0.25) is 5.02 Å². The van der Waals surface area contributed by atoms with Gasteiger partial charge in [0.25, 0.3) is 0 Å². The van der Waals surface area contributed by atoms with E-state index in [-0.39, 0.29) is 18.2 Å². The van der Waals surface area contributed by atoms with Crippen LogP contribution in [0.25, 0.3) is 11.3 Å². The van der Waals surface area contributed by atoms with Crippen LogP contribution in [-0.4, -0.2) is 59.2 Å². The molecule has 2 heterocycles. The van der Waals surface area contributed by atoms with Crippen LogP contribution in [0.3, 0.4) is 0 Å². The van der Waals surface area contributed by atoms with Crippen molar-refractivity contribution >= 4 is 29.0 Å². The van der Waals surface area contributed by atoms with Crippen molar-refractivity contribution in [2.45, 2.75) is 26.1 Å². The molecular formula is C25H30ClN5O3. The molecule has 34 heavy (non-hydrogen) atoms. The van der Waals surface area contributed by atoms with Gasteiger partial charge in [0.15, 0.2) is 0 Å². The minimum atomic E-state index is -0.345. The summed E-state index contributed by atoms with van der Waals surface area (Å²) in [5.41, 5.74) is 3.05. The van der Waals surface area contributed by atoms with Crippen molar-refractivity contribution < 1.29 is 14.3 Å². The van der Waals surface area contributed by atoms with E-state index in [9.17, 15) is 4.79 Å². The van der Waals surface area contributed by atoms with Crippen LogP contribution in [0.4, 0.5) is 16.2 Å². The van der Waals surface area contributed by atoms with Gasteiger partial charge in [-0.1, -0.05) is 11.6 Å².